The molecule has 0 atom stereocenters. The van der Waals surface area contributed by atoms with Crippen LogP contribution in [0.15, 0.2) is 23.1 Å². The average Bonchev–Trinajstić information content (AvgIpc) is 2.78. The number of aromatic nitrogens is 2. The van der Waals surface area contributed by atoms with E-state index >= 15 is 0 Å². The van der Waals surface area contributed by atoms with Gasteiger partial charge in [-0.25, -0.2) is 8.42 Å². The molecule has 0 aliphatic carbocycles. The van der Waals surface area contributed by atoms with Crippen molar-refractivity contribution in [1.82, 2.24) is 10.2 Å². The van der Waals surface area contributed by atoms with Crippen molar-refractivity contribution < 1.29 is 13.2 Å². The third-order valence-corrected chi connectivity index (χ3v) is 4.87. The summed E-state index contributed by atoms with van der Waals surface area (Å²) >= 11 is 0. The summed E-state index contributed by atoms with van der Waals surface area (Å²) in [5.74, 6) is 0.481. The second-order valence-corrected chi connectivity index (χ2v) is 6.38. The Kier molecular flexibility index (Phi) is 4.22. The van der Waals surface area contributed by atoms with E-state index in [-0.39, 0.29) is 4.90 Å². The molecule has 2 N–H and O–H groups in total. The molecule has 0 aliphatic rings. The number of hydrogen-bond donors (Lipinski definition) is 2. The van der Waals surface area contributed by atoms with Crippen LogP contribution >= 0.6 is 0 Å². The first-order chi connectivity index (χ1) is 9.89. The summed E-state index contributed by atoms with van der Waals surface area (Å²) in [5, 5.41) is 6.60. The lowest BCUT2D eigenvalue weighted by molar-refractivity contribution is 0.416. The molecule has 0 fully saturated rings. The van der Waals surface area contributed by atoms with Crippen LogP contribution < -0.4 is 9.46 Å². The van der Waals surface area contributed by atoms with Gasteiger partial charge < -0.3 is 4.74 Å². The predicted octanol–water partition coefficient (Wildman–Crippen LogP) is 2.40. The van der Waals surface area contributed by atoms with Crippen molar-refractivity contribution in [3.8, 4) is 5.75 Å². The maximum atomic E-state index is 12.5. The maximum Gasteiger partial charge on any atom is 0.265 e. The zero-order valence-corrected chi connectivity index (χ0v) is 13.3. The van der Waals surface area contributed by atoms with Crippen molar-refractivity contribution in [2.45, 2.75) is 32.1 Å². The van der Waals surface area contributed by atoms with Gasteiger partial charge in [-0.2, -0.15) is 5.10 Å². The van der Waals surface area contributed by atoms with E-state index in [1.165, 1.54) is 7.11 Å². The lowest BCUT2D eigenvalue weighted by Gasteiger charge is -2.13. The molecule has 0 spiro atoms. The zero-order chi connectivity index (χ0) is 15.6. The third kappa shape index (κ3) is 3.02. The molecule has 2 rings (SSSR count). The van der Waals surface area contributed by atoms with Gasteiger partial charge in [0.15, 0.2) is 0 Å². The van der Waals surface area contributed by atoms with E-state index in [1.807, 2.05) is 13.0 Å². The lowest BCUT2D eigenvalue weighted by Crippen LogP contribution is -2.15. The molecule has 0 unspecified atom stereocenters. The molecule has 0 saturated heterocycles. The summed E-state index contributed by atoms with van der Waals surface area (Å²) in [6.45, 7) is 5.33. The fraction of sp³-hybridized carbons (Fsp3) is 0.357. The average molecular weight is 309 g/mol. The van der Waals surface area contributed by atoms with Gasteiger partial charge in [0.25, 0.3) is 10.0 Å². The van der Waals surface area contributed by atoms with Gasteiger partial charge in [0, 0.05) is 0 Å². The summed E-state index contributed by atoms with van der Waals surface area (Å²) in [6, 6.07) is 5.44. The van der Waals surface area contributed by atoms with Crippen LogP contribution in [0.4, 0.5) is 5.69 Å². The number of benzene rings is 1. The number of rotatable bonds is 5. The van der Waals surface area contributed by atoms with Crippen LogP contribution in [0.2, 0.25) is 0 Å². The van der Waals surface area contributed by atoms with E-state index < -0.39 is 10.0 Å². The van der Waals surface area contributed by atoms with Gasteiger partial charge in [-0.3, -0.25) is 9.82 Å². The number of anilines is 1. The molecule has 2 aromatic rings. The van der Waals surface area contributed by atoms with Gasteiger partial charge in [-0.1, -0.05) is 13.0 Å². The minimum absolute atomic E-state index is 0.173. The van der Waals surface area contributed by atoms with Crippen molar-refractivity contribution in [2.24, 2.45) is 0 Å². The van der Waals surface area contributed by atoms with E-state index in [0.717, 1.165) is 12.0 Å². The summed E-state index contributed by atoms with van der Waals surface area (Å²) in [5.41, 5.74) is 2.39. The number of aryl methyl sites for hydroxylation is 3. The molecule has 1 heterocycles. The van der Waals surface area contributed by atoms with E-state index in [4.69, 9.17) is 4.74 Å². The Morgan fingerprint density at radius 1 is 1.33 bits per heavy atom. The van der Waals surface area contributed by atoms with Crippen LogP contribution in [0.5, 0.6) is 5.75 Å². The maximum absolute atomic E-state index is 12.5. The topological polar surface area (TPSA) is 84.1 Å². The van der Waals surface area contributed by atoms with Gasteiger partial charge in [0.2, 0.25) is 0 Å². The summed E-state index contributed by atoms with van der Waals surface area (Å²) in [6.07, 6.45) is 0.808. The molecule has 1 aromatic heterocycles. The number of sulfonamides is 1. The first-order valence-electron chi connectivity index (χ1n) is 6.60. The number of nitrogens with one attached hydrogen (secondary N) is 2. The van der Waals surface area contributed by atoms with Crippen molar-refractivity contribution in [3.05, 3.63) is 35.2 Å². The highest BCUT2D eigenvalue weighted by molar-refractivity contribution is 7.92. The van der Waals surface area contributed by atoms with Crippen LogP contribution in [0.25, 0.3) is 0 Å². The molecule has 0 amide bonds. The molecule has 0 bridgehead atoms. The highest BCUT2D eigenvalue weighted by Crippen LogP contribution is 2.29. The van der Waals surface area contributed by atoms with E-state index in [0.29, 0.717) is 22.8 Å². The van der Waals surface area contributed by atoms with Crippen LogP contribution in [-0.2, 0) is 16.4 Å². The normalized spacial score (nSPS) is 11.4. The van der Waals surface area contributed by atoms with Crippen LogP contribution in [0, 0.1) is 13.8 Å². The van der Waals surface area contributed by atoms with Gasteiger partial charge in [-0.05, 0) is 38.0 Å². The molecule has 0 radical (unpaired) electrons. The molecule has 114 valence electrons. The number of nitrogens with zero attached hydrogens (tertiary/aromatic N) is 1. The van der Waals surface area contributed by atoms with Gasteiger partial charge in [0.1, 0.15) is 10.6 Å². The number of hydrogen-bond acceptors (Lipinski definition) is 4. The largest absolute Gasteiger partial charge is 0.495 e. The van der Waals surface area contributed by atoms with Crippen molar-refractivity contribution in [2.75, 3.05) is 11.8 Å². The smallest absolute Gasteiger partial charge is 0.265 e. The van der Waals surface area contributed by atoms with Crippen LogP contribution in [0.3, 0.4) is 0 Å². The fourth-order valence-electron chi connectivity index (χ4n) is 2.19. The number of methoxy groups -OCH3 is 1. The summed E-state index contributed by atoms with van der Waals surface area (Å²) < 4.78 is 32.9. The molecule has 7 heteroatoms. The number of ether oxygens (including phenoxy) is 1. The third-order valence-electron chi connectivity index (χ3n) is 3.25. The summed E-state index contributed by atoms with van der Waals surface area (Å²) in [4.78, 5) is 0.173. The Morgan fingerprint density at radius 2 is 2.05 bits per heavy atom. The Hall–Kier alpha value is -2.02. The van der Waals surface area contributed by atoms with Crippen LogP contribution in [-0.4, -0.2) is 25.7 Å². The Labute approximate surface area is 124 Å². The van der Waals surface area contributed by atoms with Crippen molar-refractivity contribution >= 4 is 15.7 Å². The quantitative estimate of drug-likeness (QED) is 0.888. The standard InChI is InChI=1S/C14H19N3O3S/c1-5-11-6-7-13(20-4)12(8-11)17-21(18,19)14-9(2)15-16-10(14)3/h6-8,17H,5H2,1-4H3,(H,15,16). The SMILES string of the molecule is CCc1ccc(OC)c(NS(=O)(=O)c2c(C)n[nH]c2C)c1. The zero-order valence-electron chi connectivity index (χ0n) is 12.5. The van der Waals surface area contributed by atoms with E-state index in [9.17, 15) is 8.42 Å². The van der Waals surface area contributed by atoms with Crippen LogP contribution in [0.1, 0.15) is 23.9 Å². The molecule has 1 aromatic carbocycles. The van der Waals surface area contributed by atoms with Crippen molar-refractivity contribution in [3.63, 3.8) is 0 Å². The molecular weight excluding hydrogens is 290 g/mol. The van der Waals surface area contributed by atoms with E-state index in [2.05, 4.69) is 14.9 Å². The fourth-order valence-corrected chi connectivity index (χ4v) is 3.62. The molecular formula is C14H19N3O3S. The minimum atomic E-state index is -3.71. The van der Waals surface area contributed by atoms with E-state index in [1.54, 1.807) is 26.0 Å². The first-order valence-corrected chi connectivity index (χ1v) is 8.08. The van der Waals surface area contributed by atoms with Crippen molar-refractivity contribution in [1.29, 1.82) is 0 Å². The lowest BCUT2D eigenvalue weighted by atomic mass is 10.1. The number of aromatic amines is 1. The minimum Gasteiger partial charge on any atom is -0.495 e. The molecule has 0 aliphatic heterocycles. The van der Waals surface area contributed by atoms with Gasteiger partial charge in [0.05, 0.1) is 24.2 Å². The number of H-pyrrole nitrogens is 1. The Bertz CT molecular complexity index is 731. The first kappa shape index (κ1) is 15.4. The highest BCUT2D eigenvalue weighted by atomic mass is 32.2. The second-order valence-electron chi connectivity index (χ2n) is 4.76. The monoisotopic (exact) mass is 309 g/mol. The predicted molar refractivity (Wildman–Crippen MR) is 81.2 cm³/mol. The second kappa shape index (κ2) is 5.77. The highest BCUT2D eigenvalue weighted by Gasteiger charge is 2.23. The molecule has 6 nitrogen and oxygen atoms in total. The van der Waals surface area contributed by atoms with Gasteiger partial charge in [-0.15, -0.1) is 0 Å². The molecule has 21 heavy (non-hydrogen) atoms. The Morgan fingerprint density at radius 3 is 2.57 bits per heavy atom. The van der Waals surface area contributed by atoms with Gasteiger partial charge >= 0.3 is 0 Å². The molecule has 0 saturated carbocycles. The Balaban J connectivity index is 2.46. The summed E-state index contributed by atoms with van der Waals surface area (Å²) in [7, 11) is -2.21.